The van der Waals surface area contributed by atoms with Crippen LogP contribution in [0.5, 0.6) is 11.5 Å². The number of rotatable bonds is 9. The number of esters is 1. The topological polar surface area (TPSA) is 48.0 Å². The van der Waals surface area contributed by atoms with Crippen LogP contribution in [0.25, 0.3) is 0 Å². The molecule has 27 heavy (non-hydrogen) atoms. The molecule has 5 nitrogen and oxygen atoms in total. The Balaban J connectivity index is 2.31. The largest absolute Gasteiger partial charge is 0.496 e. The van der Waals surface area contributed by atoms with Crippen molar-refractivity contribution in [3.63, 3.8) is 0 Å². The second kappa shape index (κ2) is 9.97. The maximum atomic E-state index is 11.4. The quantitative estimate of drug-likeness (QED) is 0.632. The second-order valence-corrected chi connectivity index (χ2v) is 6.75. The highest BCUT2D eigenvalue weighted by molar-refractivity contribution is 5.69. The van der Waals surface area contributed by atoms with Gasteiger partial charge in [-0.15, -0.1) is 0 Å². The Labute approximate surface area is 161 Å². The van der Waals surface area contributed by atoms with E-state index in [1.807, 2.05) is 38.4 Å². The molecule has 146 valence electrons. The van der Waals surface area contributed by atoms with Crippen molar-refractivity contribution in [3.8, 4) is 11.5 Å². The fourth-order valence-electron chi connectivity index (χ4n) is 3.18. The molecule has 0 spiro atoms. The summed E-state index contributed by atoms with van der Waals surface area (Å²) >= 11 is 0. The van der Waals surface area contributed by atoms with Gasteiger partial charge in [0, 0.05) is 30.5 Å². The first-order chi connectivity index (χ1) is 13.0. The number of carbonyl (C=O) groups is 1. The van der Waals surface area contributed by atoms with Crippen molar-refractivity contribution in [1.82, 2.24) is 4.90 Å². The number of hydrogen-bond donors (Lipinski definition) is 0. The zero-order chi connectivity index (χ0) is 19.8. The molecule has 2 rings (SSSR count). The minimum Gasteiger partial charge on any atom is -0.496 e. The average Bonchev–Trinajstić information content (AvgIpc) is 2.66. The average molecular weight is 371 g/mol. The van der Waals surface area contributed by atoms with Crippen LogP contribution in [0.3, 0.4) is 0 Å². The van der Waals surface area contributed by atoms with Gasteiger partial charge in [0.15, 0.2) is 0 Å². The van der Waals surface area contributed by atoms with E-state index < -0.39 is 0 Å². The normalized spacial score (nSPS) is 10.7. The number of carbonyl (C=O) groups excluding carboxylic acids is 1. The van der Waals surface area contributed by atoms with Crippen LogP contribution < -0.4 is 9.47 Å². The van der Waals surface area contributed by atoms with Gasteiger partial charge >= 0.3 is 5.97 Å². The molecule has 0 unspecified atom stereocenters. The molecule has 0 radical (unpaired) electrons. The summed E-state index contributed by atoms with van der Waals surface area (Å²) in [6, 6.07) is 12.3. The summed E-state index contributed by atoms with van der Waals surface area (Å²) in [5.74, 6) is 1.48. The Kier molecular flexibility index (Phi) is 7.67. The zero-order valence-corrected chi connectivity index (χ0v) is 16.9. The predicted molar refractivity (Wildman–Crippen MR) is 107 cm³/mol. The lowest BCUT2D eigenvalue weighted by Crippen LogP contribution is -2.12. The summed E-state index contributed by atoms with van der Waals surface area (Å²) in [6.45, 7) is 0.791. The SMILES string of the molecule is COC(=O)CCc1cccc(Cc2c(OC)ccc(CN(C)C)c2OC)c1. The molecule has 0 saturated heterocycles. The summed E-state index contributed by atoms with van der Waals surface area (Å²) in [5.41, 5.74) is 4.42. The van der Waals surface area contributed by atoms with E-state index in [-0.39, 0.29) is 5.97 Å². The van der Waals surface area contributed by atoms with E-state index in [1.165, 1.54) is 7.11 Å². The van der Waals surface area contributed by atoms with E-state index in [1.54, 1.807) is 14.2 Å². The molecule has 0 amide bonds. The third-order valence-electron chi connectivity index (χ3n) is 4.43. The molecule has 2 aromatic rings. The smallest absolute Gasteiger partial charge is 0.305 e. The molecule has 0 heterocycles. The molecule has 0 bridgehead atoms. The Bertz CT molecular complexity index is 771. The first-order valence-corrected chi connectivity index (χ1v) is 9.00. The number of benzene rings is 2. The van der Waals surface area contributed by atoms with Crippen LogP contribution in [0.1, 0.15) is 28.7 Å². The fraction of sp³-hybridized carbons (Fsp3) is 0.409. The van der Waals surface area contributed by atoms with Crippen molar-refractivity contribution in [2.24, 2.45) is 0 Å². The molecule has 0 saturated carbocycles. The predicted octanol–water partition coefficient (Wildman–Crippen LogP) is 3.46. The van der Waals surface area contributed by atoms with Gasteiger partial charge in [0.05, 0.1) is 21.3 Å². The van der Waals surface area contributed by atoms with E-state index in [4.69, 9.17) is 14.2 Å². The minimum atomic E-state index is -0.194. The van der Waals surface area contributed by atoms with E-state index >= 15 is 0 Å². The van der Waals surface area contributed by atoms with Gasteiger partial charge in [-0.2, -0.15) is 0 Å². The number of hydrogen-bond acceptors (Lipinski definition) is 5. The van der Waals surface area contributed by atoms with Crippen LogP contribution in [-0.4, -0.2) is 46.3 Å². The standard InChI is InChI=1S/C22H29NO4/c1-23(2)15-18-10-11-20(25-3)19(22(18)27-5)14-17-8-6-7-16(13-17)9-12-21(24)26-4/h6-8,10-11,13H,9,12,14-15H2,1-5H3. The van der Waals surface area contributed by atoms with Crippen molar-refractivity contribution in [2.75, 3.05) is 35.4 Å². The van der Waals surface area contributed by atoms with Crippen LogP contribution in [-0.2, 0) is 28.9 Å². The van der Waals surface area contributed by atoms with Crippen molar-refractivity contribution in [1.29, 1.82) is 0 Å². The van der Waals surface area contributed by atoms with Crippen molar-refractivity contribution < 1.29 is 19.0 Å². The van der Waals surface area contributed by atoms with Crippen LogP contribution in [0.4, 0.5) is 0 Å². The molecule has 0 fully saturated rings. The Hall–Kier alpha value is -2.53. The van der Waals surface area contributed by atoms with Crippen LogP contribution in [0.2, 0.25) is 0 Å². The number of ether oxygens (including phenoxy) is 3. The zero-order valence-electron chi connectivity index (χ0n) is 16.9. The first kappa shape index (κ1) is 20.8. The highest BCUT2D eigenvalue weighted by Crippen LogP contribution is 2.34. The van der Waals surface area contributed by atoms with Gasteiger partial charge in [-0.25, -0.2) is 0 Å². The summed E-state index contributed by atoms with van der Waals surface area (Å²) in [6.07, 6.45) is 1.74. The molecule has 0 aromatic heterocycles. The second-order valence-electron chi connectivity index (χ2n) is 6.75. The summed E-state index contributed by atoms with van der Waals surface area (Å²) in [7, 11) is 8.86. The molecular weight excluding hydrogens is 342 g/mol. The molecule has 0 atom stereocenters. The Morgan fingerprint density at radius 3 is 2.37 bits per heavy atom. The maximum absolute atomic E-state index is 11.4. The highest BCUT2D eigenvalue weighted by atomic mass is 16.5. The first-order valence-electron chi connectivity index (χ1n) is 9.00. The van der Waals surface area contributed by atoms with Crippen molar-refractivity contribution >= 4 is 5.97 Å². The fourth-order valence-corrected chi connectivity index (χ4v) is 3.18. The van der Waals surface area contributed by atoms with Crippen LogP contribution in [0, 0.1) is 0 Å². The van der Waals surface area contributed by atoms with E-state index in [2.05, 4.69) is 17.0 Å². The van der Waals surface area contributed by atoms with Gasteiger partial charge in [-0.05, 0) is 37.7 Å². The minimum absolute atomic E-state index is 0.194. The monoisotopic (exact) mass is 371 g/mol. The van der Waals surface area contributed by atoms with Crippen LogP contribution in [0.15, 0.2) is 36.4 Å². The summed E-state index contributed by atoms with van der Waals surface area (Å²) in [4.78, 5) is 13.5. The lowest BCUT2D eigenvalue weighted by atomic mass is 9.97. The van der Waals surface area contributed by atoms with E-state index in [9.17, 15) is 4.79 Å². The number of nitrogens with zero attached hydrogens (tertiary/aromatic N) is 1. The molecular formula is C22H29NO4. The number of methoxy groups -OCH3 is 3. The van der Waals surface area contributed by atoms with Gasteiger partial charge in [0.2, 0.25) is 0 Å². The van der Waals surface area contributed by atoms with Crippen molar-refractivity contribution in [3.05, 3.63) is 58.7 Å². The Morgan fingerprint density at radius 1 is 1.00 bits per heavy atom. The van der Waals surface area contributed by atoms with Crippen molar-refractivity contribution in [2.45, 2.75) is 25.8 Å². The Morgan fingerprint density at radius 2 is 1.74 bits per heavy atom. The molecule has 2 aromatic carbocycles. The lowest BCUT2D eigenvalue weighted by molar-refractivity contribution is -0.140. The van der Waals surface area contributed by atoms with Gasteiger partial charge < -0.3 is 19.1 Å². The third kappa shape index (κ3) is 5.73. The van der Waals surface area contributed by atoms with E-state index in [0.29, 0.717) is 19.3 Å². The maximum Gasteiger partial charge on any atom is 0.305 e. The van der Waals surface area contributed by atoms with Gasteiger partial charge in [0.25, 0.3) is 0 Å². The number of aryl methyl sites for hydroxylation is 1. The van der Waals surface area contributed by atoms with Crippen LogP contribution >= 0.6 is 0 Å². The van der Waals surface area contributed by atoms with Gasteiger partial charge in [-0.3, -0.25) is 4.79 Å². The van der Waals surface area contributed by atoms with Gasteiger partial charge in [-0.1, -0.05) is 30.3 Å². The highest BCUT2D eigenvalue weighted by Gasteiger charge is 2.16. The summed E-state index contributed by atoms with van der Waals surface area (Å²) in [5, 5.41) is 0. The van der Waals surface area contributed by atoms with Gasteiger partial charge in [0.1, 0.15) is 11.5 Å². The molecule has 0 aliphatic heterocycles. The third-order valence-corrected chi connectivity index (χ3v) is 4.43. The van der Waals surface area contributed by atoms with E-state index in [0.717, 1.165) is 40.3 Å². The molecule has 0 aliphatic rings. The molecule has 0 N–H and O–H groups in total. The lowest BCUT2D eigenvalue weighted by Gasteiger charge is -2.19. The molecule has 0 aliphatic carbocycles. The molecule has 5 heteroatoms. The summed E-state index contributed by atoms with van der Waals surface area (Å²) < 4.78 is 16.1.